The summed E-state index contributed by atoms with van der Waals surface area (Å²) in [5.74, 6) is 1.80. The van der Waals surface area contributed by atoms with Crippen molar-refractivity contribution in [2.45, 2.75) is 59.5 Å². The van der Waals surface area contributed by atoms with Gasteiger partial charge in [0.2, 0.25) is 5.91 Å². The van der Waals surface area contributed by atoms with Gasteiger partial charge in [0.15, 0.2) is 0 Å². The van der Waals surface area contributed by atoms with Crippen molar-refractivity contribution < 1.29 is 14.3 Å². The van der Waals surface area contributed by atoms with Crippen molar-refractivity contribution in [2.75, 3.05) is 26.2 Å². The number of ether oxygens (including phenoxy) is 1. The molecule has 3 unspecified atom stereocenters. The summed E-state index contributed by atoms with van der Waals surface area (Å²) in [4.78, 5) is 28.3. The number of piperidine rings is 1. The highest BCUT2D eigenvalue weighted by atomic mass is 16.6. The third-order valence-electron chi connectivity index (χ3n) is 5.09. The van der Waals surface area contributed by atoms with Crippen LogP contribution >= 0.6 is 0 Å². The molecule has 0 aromatic carbocycles. The van der Waals surface area contributed by atoms with Crippen molar-refractivity contribution in [1.82, 2.24) is 9.80 Å². The van der Waals surface area contributed by atoms with Crippen molar-refractivity contribution in [3.8, 4) is 0 Å². The number of nitrogens with zero attached hydrogens (tertiary/aromatic N) is 2. The molecule has 2 heterocycles. The molecule has 0 spiro atoms. The second kappa shape index (κ2) is 7.10. The van der Waals surface area contributed by atoms with Crippen LogP contribution in [0.1, 0.15) is 53.9 Å². The topological polar surface area (TPSA) is 49.9 Å². The zero-order chi connectivity index (χ0) is 17.2. The Hall–Kier alpha value is -1.26. The van der Waals surface area contributed by atoms with Crippen molar-refractivity contribution >= 4 is 12.0 Å². The molecule has 2 aliphatic rings. The maximum absolute atomic E-state index is 12.5. The van der Waals surface area contributed by atoms with Gasteiger partial charge in [-0.15, -0.1) is 0 Å². The molecular weight excluding hydrogens is 292 g/mol. The molecule has 3 atom stereocenters. The molecule has 0 aromatic heterocycles. The summed E-state index contributed by atoms with van der Waals surface area (Å²) in [6.07, 6.45) is 2.29. The SMILES string of the molecule is CC1CCN(C(=O)CC2CCN(C(=O)OC(C)(C)C)C2)CC1C. The van der Waals surface area contributed by atoms with Gasteiger partial charge in [0.25, 0.3) is 0 Å². The van der Waals surface area contributed by atoms with Crippen molar-refractivity contribution in [2.24, 2.45) is 17.8 Å². The van der Waals surface area contributed by atoms with E-state index in [1.54, 1.807) is 4.90 Å². The molecule has 2 rings (SSSR count). The van der Waals surface area contributed by atoms with Gasteiger partial charge in [-0.25, -0.2) is 4.79 Å². The number of amides is 2. The van der Waals surface area contributed by atoms with E-state index in [-0.39, 0.29) is 17.9 Å². The Morgan fingerprint density at radius 1 is 1.00 bits per heavy atom. The molecule has 2 fully saturated rings. The predicted octanol–water partition coefficient (Wildman–Crippen LogP) is 3.14. The molecule has 2 amide bonds. The smallest absolute Gasteiger partial charge is 0.410 e. The van der Waals surface area contributed by atoms with Crippen molar-refractivity contribution in [1.29, 1.82) is 0 Å². The highest BCUT2D eigenvalue weighted by Crippen LogP contribution is 2.26. The fourth-order valence-corrected chi connectivity index (χ4v) is 3.36. The zero-order valence-electron chi connectivity index (χ0n) is 15.3. The maximum atomic E-state index is 12.5. The lowest BCUT2D eigenvalue weighted by Crippen LogP contribution is -2.43. The van der Waals surface area contributed by atoms with Crippen LogP contribution in [-0.2, 0) is 9.53 Å². The lowest BCUT2D eigenvalue weighted by atomic mass is 9.88. The molecule has 0 N–H and O–H groups in total. The largest absolute Gasteiger partial charge is 0.444 e. The predicted molar refractivity (Wildman–Crippen MR) is 90.1 cm³/mol. The molecule has 2 aliphatic heterocycles. The average Bonchev–Trinajstić information content (AvgIpc) is 2.88. The Balaban J connectivity index is 1.79. The summed E-state index contributed by atoms with van der Waals surface area (Å²) in [6.45, 7) is 13.2. The fourth-order valence-electron chi connectivity index (χ4n) is 3.36. The molecule has 2 saturated heterocycles. The van der Waals surface area contributed by atoms with Gasteiger partial charge >= 0.3 is 6.09 Å². The summed E-state index contributed by atoms with van der Waals surface area (Å²) in [6, 6.07) is 0. The quantitative estimate of drug-likeness (QED) is 0.784. The minimum absolute atomic E-state index is 0.250. The first-order chi connectivity index (χ1) is 10.7. The van der Waals surface area contributed by atoms with E-state index in [1.807, 2.05) is 25.7 Å². The van der Waals surface area contributed by atoms with E-state index in [0.29, 0.717) is 31.3 Å². The number of likely N-dealkylation sites (tertiary alicyclic amines) is 2. The molecule has 0 bridgehead atoms. The fraction of sp³-hybridized carbons (Fsp3) is 0.889. The van der Waals surface area contributed by atoms with Gasteiger partial charge in [-0.3, -0.25) is 4.79 Å². The summed E-state index contributed by atoms with van der Waals surface area (Å²) < 4.78 is 5.41. The molecule has 0 aromatic rings. The number of carbonyl (C=O) groups is 2. The first-order valence-electron chi connectivity index (χ1n) is 8.91. The Morgan fingerprint density at radius 3 is 2.26 bits per heavy atom. The van der Waals surface area contributed by atoms with E-state index < -0.39 is 5.60 Å². The van der Waals surface area contributed by atoms with Gasteiger partial charge in [-0.1, -0.05) is 13.8 Å². The van der Waals surface area contributed by atoms with Gasteiger partial charge in [-0.2, -0.15) is 0 Å². The van der Waals surface area contributed by atoms with Gasteiger partial charge in [0.05, 0.1) is 0 Å². The monoisotopic (exact) mass is 324 g/mol. The third kappa shape index (κ3) is 5.11. The summed E-state index contributed by atoms with van der Waals surface area (Å²) in [7, 11) is 0. The van der Waals surface area contributed by atoms with Crippen LogP contribution in [0.4, 0.5) is 4.79 Å². The van der Waals surface area contributed by atoms with E-state index in [2.05, 4.69) is 13.8 Å². The molecule has 5 nitrogen and oxygen atoms in total. The molecule has 5 heteroatoms. The number of hydrogen-bond acceptors (Lipinski definition) is 3. The third-order valence-corrected chi connectivity index (χ3v) is 5.09. The molecule has 0 radical (unpaired) electrons. The van der Waals surface area contributed by atoms with Crippen LogP contribution in [0.3, 0.4) is 0 Å². The lowest BCUT2D eigenvalue weighted by molar-refractivity contribution is -0.134. The molecule has 23 heavy (non-hydrogen) atoms. The van der Waals surface area contributed by atoms with E-state index >= 15 is 0 Å². The van der Waals surface area contributed by atoms with Crippen LogP contribution in [0, 0.1) is 17.8 Å². The molecular formula is C18H32N2O3. The Morgan fingerprint density at radius 2 is 1.65 bits per heavy atom. The first kappa shape index (κ1) is 18.1. The molecule has 0 aliphatic carbocycles. The van der Waals surface area contributed by atoms with E-state index in [9.17, 15) is 9.59 Å². The van der Waals surface area contributed by atoms with Gasteiger partial charge in [0, 0.05) is 32.6 Å². The second-order valence-corrected chi connectivity index (χ2v) is 8.37. The van der Waals surface area contributed by atoms with E-state index in [4.69, 9.17) is 4.74 Å². The second-order valence-electron chi connectivity index (χ2n) is 8.37. The van der Waals surface area contributed by atoms with Crippen molar-refractivity contribution in [3.63, 3.8) is 0 Å². The highest BCUT2D eigenvalue weighted by molar-refractivity contribution is 5.77. The summed E-state index contributed by atoms with van der Waals surface area (Å²) >= 11 is 0. The minimum Gasteiger partial charge on any atom is -0.444 e. The normalized spacial score (nSPS) is 28.8. The van der Waals surface area contributed by atoms with Gasteiger partial charge in [0.1, 0.15) is 5.60 Å². The van der Waals surface area contributed by atoms with E-state index in [0.717, 1.165) is 25.9 Å². The number of hydrogen-bond donors (Lipinski definition) is 0. The lowest BCUT2D eigenvalue weighted by Gasteiger charge is -2.35. The van der Waals surface area contributed by atoms with Crippen LogP contribution in [0.15, 0.2) is 0 Å². The zero-order valence-corrected chi connectivity index (χ0v) is 15.3. The van der Waals surface area contributed by atoms with Gasteiger partial charge < -0.3 is 14.5 Å². The Bertz CT molecular complexity index is 444. The minimum atomic E-state index is -0.467. The van der Waals surface area contributed by atoms with Crippen molar-refractivity contribution in [3.05, 3.63) is 0 Å². The van der Waals surface area contributed by atoms with Crippen LogP contribution in [0.2, 0.25) is 0 Å². The van der Waals surface area contributed by atoms with Crippen LogP contribution in [-0.4, -0.2) is 53.6 Å². The van der Waals surface area contributed by atoms with E-state index in [1.165, 1.54) is 0 Å². The standard InChI is InChI=1S/C18H32N2O3/c1-13-6-8-19(11-14(13)2)16(21)10-15-7-9-20(12-15)17(22)23-18(3,4)5/h13-15H,6-12H2,1-5H3. The average molecular weight is 324 g/mol. The Labute approximate surface area is 140 Å². The maximum Gasteiger partial charge on any atom is 0.410 e. The highest BCUT2D eigenvalue weighted by Gasteiger charge is 2.33. The van der Waals surface area contributed by atoms with Gasteiger partial charge in [-0.05, 0) is 51.4 Å². The van der Waals surface area contributed by atoms with Crippen LogP contribution in [0.5, 0.6) is 0 Å². The number of rotatable bonds is 2. The number of carbonyl (C=O) groups excluding carboxylic acids is 2. The van der Waals surface area contributed by atoms with Crippen LogP contribution in [0.25, 0.3) is 0 Å². The molecule has 132 valence electrons. The Kier molecular flexibility index (Phi) is 5.58. The van der Waals surface area contributed by atoms with Crippen LogP contribution < -0.4 is 0 Å². The summed E-state index contributed by atoms with van der Waals surface area (Å²) in [5, 5.41) is 0. The summed E-state index contributed by atoms with van der Waals surface area (Å²) in [5.41, 5.74) is -0.467. The molecule has 0 saturated carbocycles. The first-order valence-corrected chi connectivity index (χ1v) is 8.91.